The third kappa shape index (κ3) is 2.79. The first-order chi connectivity index (χ1) is 10.9. The van der Waals surface area contributed by atoms with Crippen LogP contribution in [0.1, 0.15) is 13.8 Å². The number of rotatable bonds is 4. The Hall–Kier alpha value is -2.41. The Morgan fingerprint density at radius 3 is 2.70 bits per heavy atom. The molecule has 0 atom stereocenters. The van der Waals surface area contributed by atoms with Crippen LogP contribution in [-0.4, -0.2) is 36.7 Å². The lowest BCUT2D eigenvalue weighted by Gasteiger charge is -2.16. The number of ether oxygens (including phenoxy) is 1. The minimum Gasteiger partial charge on any atom is -0.534 e. The van der Waals surface area contributed by atoms with Crippen LogP contribution in [0.3, 0.4) is 0 Å². The van der Waals surface area contributed by atoms with Gasteiger partial charge < -0.3 is 19.4 Å². The molecular formula is C16H20BN3O3. The highest BCUT2D eigenvalue weighted by Gasteiger charge is 2.44. The van der Waals surface area contributed by atoms with Gasteiger partial charge in [-0.1, -0.05) is 12.6 Å². The van der Waals surface area contributed by atoms with Gasteiger partial charge in [0.15, 0.2) is 0 Å². The Bertz CT molecular complexity index is 742. The molecule has 0 saturated carbocycles. The van der Waals surface area contributed by atoms with Gasteiger partial charge in [0, 0.05) is 30.8 Å². The van der Waals surface area contributed by atoms with E-state index < -0.39 is 12.7 Å². The molecule has 2 heterocycles. The van der Waals surface area contributed by atoms with Gasteiger partial charge in [0.05, 0.1) is 18.6 Å². The second kappa shape index (κ2) is 5.66. The maximum atomic E-state index is 5.92. The first-order valence-corrected chi connectivity index (χ1v) is 7.40. The van der Waals surface area contributed by atoms with E-state index in [0.29, 0.717) is 11.5 Å². The number of benzene rings is 1. The lowest BCUT2D eigenvalue weighted by Crippen LogP contribution is -2.35. The molecule has 1 N–H and O–H groups in total. The molecule has 3 rings (SSSR count). The average molecular weight is 313 g/mol. The van der Waals surface area contributed by atoms with Crippen molar-refractivity contribution in [1.82, 2.24) is 9.78 Å². The first-order valence-electron chi connectivity index (χ1n) is 7.40. The average Bonchev–Trinajstić information content (AvgIpc) is 3.11. The number of nitrogens with one attached hydrogen (secondary N) is 1. The number of hydrogen-bond acceptors (Lipinski definition) is 5. The number of methoxy groups -OCH3 is 1. The van der Waals surface area contributed by atoms with Gasteiger partial charge in [-0.05, 0) is 19.9 Å². The zero-order valence-corrected chi connectivity index (χ0v) is 13.8. The highest BCUT2D eigenvalue weighted by Crippen LogP contribution is 2.30. The van der Waals surface area contributed by atoms with Gasteiger partial charge in [-0.15, -0.1) is 0 Å². The number of nitrogens with zero attached hydrogens (tertiary/aromatic N) is 2. The SMILES string of the molecule is C=C1OB(c2ccc(-n3ccc(NC)n3)cc2OC)OC1(C)C. The van der Waals surface area contributed by atoms with Crippen molar-refractivity contribution >= 4 is 18.4 Å². The summed E-state index contributed by atoms with van der Waals surface area (Å²) in [4.78, 5) is 0. The lowest BCUT2D eigenvalue weighted by molar-refractivity contribution is 0.173. The molecule has 120 valence electrons. The maximum absolute atomic E-state index is 5.92. The van der Waals surface area contributed by atoms with E-state index in [0.717, 1.165) is 17.0 Å². The molecule has 23 heavy (non-hydrogen) atoms. The maximum Gasteiger partial charge on any atom is 0.567 e. The molecule has 0 bridgehead atoms. The Morgan fingerprint density at radius 1 is 1.35 bits per heavy atom. The van der Waals surface area contributed by atoms with Crippen LogP contribution in [0.2, 0.25) is 0 Å². The Labute approximate surface area is 136 Å². The second-order valence-corrected chi connectivity index (χ2v) is 5.82. The second-order valence-electron chi connectivity index (χ2n) is 5.82. The third-order valence-corrected chi connectivity index (χ3v) is 3.90. The fourth-order valence-electron chi connectivity index (χ4n) is 2.39. The van der Waals surface area contributed by atoms with Gasteiger partial charge in [0.1, 0.15) is 17.2 Å². The minimum absolute atomic E-state index is 0.516. The molecule has 0 radical (unpaired) electrons. The van der Waals surface area contributed by atoms with Crippen LogP contribution >= 0.6 is 0 Å². The quantitative estimate of drug-likeness (QED) is 0.875. The standard InChI is InChI=1S/C16H20BN3O3/c1-11-16(2,3)23-17(22-11)13-7-6-12(10-14(13)21-5)20-9-8-15(18-4)19-20/h6-10H,1H2,2-5H3,(H,18,19). The zero-order valence-electron chi connectivity index (χ0n) is 13.8. The summed E-state index contributed by atoms with van der Waals surface area (Å²) >= 11 is 0. The molecule has 1 aromatic heterocycles. The van der Waals surface area contributed by atoms with Gasteiger partial charge in [-0.3, -0.25) is 0 Å². The zero-order chi connectivity index (χ0) is 16.6. The van der Waals surface area contributed by atoms with Crippen LogP contribution in [0.15, 0.2) is 42.8 Å². The van der Waals surface area contributed by atoms with Crippen LogP contribution in [0.4, 0.5) is 5.82 Å². The van der Waals surface area contributed by atoms with Gasteiger partial charge in [-0.25, -0.2) is 4.68 Å². The molecule has 0 unspecified atom stereocenters. The van der Waals surface area contributed by atoms with Crippen molar-refractivity contribution in [2.24, 2.45) is 0 Å². The summed E-state index contributed by atoms with van der Waals surface area (Å²) in [6.07, 6.45) is 1.88. The Morgan fingerprint density at radius 2 is 2.13 bits per heavy atom. The van der Waals surface area contributed by atoms with Gasteiger partial charge in [0.2, 0.25) is 0 Å². The molecular weight excluding hydrogens is 293 g/mol. The third-order valence-electron chi connectivity index (χ3n) is 3.90. The largest absolute Gasteiger partial charge is 0.567 e. The predicted molar refractivity (Wildman–Crippen MR) is 90.4 cm³/mol. The molecule has 1 saturated heterocycles. The van der Waals surface area contributed by atoms with E-state index in [-0.39, 0.29) is 0 Å². The summed E-state index contributed by atoms with van der Waals surface area (Å²) < 4.78 is 19.0. The number of anilines is 1. The van der Waals surface area contributed by atoms with Crippen LogP contribution in [0.5, 0.6) is 5.75 Å². The van der Waals surface area contributed by atoms with Crippen LogP contribution in [0, 0.1) is 0 Å². The fraction of sp³-hybridized carbons (Fsp3) is 0.312. The van der Waals surface area contributed by atoms with Crippen LogP contribution in [0.25, 0.3) is 5.69 Å². The fourth-order valence-corrected chi connectivity index (χ4v) is 2.39. The highest BCUT2D eigenvalue weighted by molar-refractivity contribution is 6.63. The summed E-state index contributed by atoms with van der Waals surface area (Å²) in [6, 6.07) is 7.68. The van der Waals surface area contributed by atoms with Gasteiger partial charge in [0.25, 0.3) is 0 Å². The molecule has 1 aliphatic rings. The highest BCUT2D eigenvalue weighted by atomic mass is 16.7. The molecule has 0 aliphatic carbocycles. The normalized spacial score (nSPS) is 16.3. The molecule has 0 amide bonds. The van der Waals surface area contributed by atoms with E-state index >= 15 is 0 Å². The Kier molecular flexibility index (Phi) is 3.81. The molecule has 1 aromatic carbocycles. The van der Waals surface area contributed by atoms with Crippen molar-refractivity contribution in [3.8, 4) is 11.4 Å². The van der Waals surface area contributed by atoms with Gasteiger partial charge >= 0.3 is 7.12 Å². The monoisotopic (exact) mass is 313 g/mol. The number of hydrogen-bond donors (Lipinski definition) is 1. The molecule has 1 fully saturated rings. The van der Waals surface area contributed by atoms with E-state index in [1.807, 2.05) is 51.4 Å². The van der Waals surface area contributed by atoms with Crippen molar-refractivity contribution in [1.29, 1.82) is 0 Å². The van der Waals surface area contributed by atoms with E-state index in [9.17, 15) is 0 Å². The van der Waals surface area contributed by atoms with Crippen molar-refractivity contribution in [3.05, 3.63) is 42.8 Å². The smallest absolute Gasteiger partial charge is 0.534 e. The van der Waals surface area contributed by atoms with Crippen molar-refractivity contribution in [2.75, 3.05) is 19.5 Å². The van der Waals surface area contributed by atoms with Crippen molar-refractivity contribution < 1.29 is 14.0 Å². The molecule has 6 nitrogen and oxygen atoms in total. The van der Waals surface area contributed by atoms with E-state index in [1.165, 1.54) is 0 Å². The topological polar surface area (TPSA) is 57.5 Å². The Balaban J connectivity index is 1.93. The van der Waals surface area contributed by atoms with Crippen LogP contribution < -0.4 is 15.5 Å². The summed E-state index contributed by atoms with van der Waals surface area (Å²) in [5.74, 6) is 2.09. The van der Waals surface area contributed by atoms with Crippen molar-refractivity contribution in [2.45, 2.75) is 19.4 Å². The van der Waals surface area contributed by atoms with Gasteiger partial charge in [-0.2, -0.15) is 5.10 Å². The first kappa shape index (κ1) is 15.5. The van der Waals surface area contributed by atoms with Crippen LogP contribution in [-0.2, 0) is 9.31 Å². The summed E-state index contributed by atoms with van der Waals surface area (Å²) in [5, 5.41) is 7.41. The molecule has 0 spiro atoms. The van der Waals surface area contributed by atoms with E-state index in [4.69, 9.17) is 14.0 Å². The molecule has 2 aromatic rings. The minimum atomic E-state index is -0.521. The number of aromatic nitrogens is 2. The predicted octanol–water partition coefficient (Wildman–Crippen LogP) is 1.96. The van der Waals surface area contributed by atoms with Crippen molar-refractivity contribution in [3.63, 3.8) is 0 Å². The molecule has 7 heteroatoms. The summed E-state index contributed by atoms with van der Waals surface area (Å²) in [7, 11) is 2.94. The lowest BCUT2D eigenvalue weighted by atomic mass is 9.78. The molecule has 1 aliphatic heterocycles. The van der Waals surface area contributed by atoms with E-state index in [1.54, 1.807) is 11.8 Å². The summed E-state index contributed by atoms with van der Waals surface area (Å²) in [6.45, 7) is 7.77. The summed E-state index contributed by atoms with van der Waals surface area (Å²) in [5.41, 5.74) is 1.20. The van der Waals surface area contributed by atoms with E-state index in [2.05, 4.69) is 17.0 Å².